The van der Waals surface area contributed by atoms with Gasteiger partial charge in [-0.25, -0.2) is 0 Å². The van der Waals surface area contributed by atoms with Crippen LogP contribution in [0, 0.1) is 6.92 Å². The summed E-state index contributed by atoms with van der Waals surface area (Å²) >= 11 is 9.01. The number of nitrogens with zero attached hydrogens (tertiary/aromatic N) is 6. The molecule has 0 aliphatic rings. The Hall–Kier alpha value is -1.90. The Balaban J connectivity index is 1.91. The lowest BCUT2D eigenvalue weighted by atomic mass is 10.2. The van der Waals surface area contributed by atoms with Crippen LogP contribution < -0.4 is 0 Å². The first-order valence-corrected chi connectivity index (χ1v) is 7.97. The first kappa shape index (κ1) is 12.8. The summed E-state index contributed by atoms with van der Waals surface area (Å²) in [4.78, 5) is 1.73. The highest BCUT2D eigenvalue weighted by atomic mass is 35.5. The molecule has 104 valence electrons. The van der Waals surface area contributed by atoms with Crippen LogP contribution in [0.2, 0.25) is 5.02 Å². The maximum absolute atomic E-state index is 6.22. The first-order chi connectivity index (χ1) is 10.2. The zero-order chi connectivity index (χ0) is 14.4. The summed E-state index contributed by atoms with van der Waals surface area (Å²) in [7, 11) is 0. The largest absolute Gasteiger partial charge is 0.235 e. The minimum Gasteiger partial charge on any atom is -0.182 e. The SMILES string of the molecule is Cc1snnc1-c1nn2c(-c3ccccc3Cl)nnc2s1. The van der Waals surface area contributed by atoms with E-state index in [2.05, 4.69) is 24.9 Å². The summed E-state index contributed by atoms with van der Waals surface area (Å²) in [6.07, 6.45) is 0. The summed E-state index contributed by atoms with van der Waals surface area (Å²) in [6, 6.07) is 7.50. The van der Waals surface area contributed by atoms with Crippen molar-refractivity contribution in [3.63, 3.8) is 0 Å². The molecule has 0 radical (unpaired) electrons. The van der Waals surface area contributed by atoms with Crippen LogP contribution in [0.5, 0.6) is 0 Å². The van der Waals surface area contributed by atoms with E-state index in [-0.39, 0.29) is 0 Å². The molecule has 4 rings (SSSR count). The van der Waals surface area contributed by atoms with Crippen molar-refractivity contribution in [2.24, 2.45) is 0 Å². The number of halogens is 1. The molecular formula is C12H7ClN6S2. The molecule has 0 spiro atoms. The van der Waals surface area contributed by atoms with Gasteiger partial charge in [-0.3, -0.25) is 0 Å². The molecule has 0 bridgehead atoms. The van der Waals surface area contributed by atoms with E-state index in [9.17, 15) is 0 Å². The van der Waals surface area contributed by atoms with Gasteiger partial charge in [-0.1, -0.05) is 39.6 Å². The van der Waals surface area contributed by atoms with Crippen molar-refractivity contribution in [1.82, 2.24) is 29.4 Å². The molecule has 0 saturated carbocycles. The van der Waals surface area contributed by atoms with Crippen LogP contribution in [-0.2, 0) is 0 Å². The lowest BCUT2D eigenvalue weighted by Gasteiger charge is -1.99. The number of rotatable bonds is 2. The van der Waals surface area contributed by atoms with Crippen LogP contribution in [0.3, 0.4) is 0 Å². The number of fused-ring (bicyclic) bond motifs is 1. The van der Waals surface area contributed by atoms with Crippen LogP contribution in [-0.4, -0.2) is 29.4 Å². The minimum atomic E-state index is 0.618. The molecule has 0 unspecified atom stereocenters. The third kappa shape index (κ3) is 2.03. The Labute approximate surface area is 132 Å². The summed E-state index contributed by atoms with van der Waals surface area (Å²) < 4.78 is 5.63. The number of hydrogen-bond acceptors (Lipinski definition) is 7. The predicted octanol–water partition coefficient (Wildman–Crippen LogP) is 3.33. The van der Waals surface area contributed by atoms with E-state index in [1.54, 1.807) is 4.52 Å². The van der Waals surface area contributed by atoms with Crippen molar-refractivity contribution in [2.75, 3.05) is 0 Å². The first-order valence-electron chi connectivity index (χ1n) is 6.00. The quantitative estimate of drug-likeness (QED) is 0.562. The second-order valence-corrected chi connectivity index (χ2v) is 6.60. The van der Waals surface area contributed by atoms with E-state index < -0.39 is 0 Å². The average Bonchev–Trinajstić information content (AvgIpc) is 3.14. The van der Waals surface area contributed by atoms with Gasteiger partial charge in [0.25, 0.3) is 0 Å². The Bertz CT molecular complexity index is 940. The van der Waals surface area contributed by atoms with E-state index in [0.29, 0.717) is 15.8 Å². The van der Waals surface area contributed by atoms with E-state index in [4.69, 9.17) is 11.6 Å². The number of aromatic nitrogens is 6. The maximum Gasteiger partial charge on any atom is 0.235 e. The highest BCUT2D eigenvalue weighted by molar-refractivity contribution is 7.20. The van der Waals surface area contributed by atoms with Crippen molar-refractivity contribution >= 4 is 39.4 Å². The molecule has 0 amide bonds. The Morgan fingerprint density at radius 1 is 1.14 bits per heavy atom. The van der Waals surface area contributed by atoms with Crippen LogP contribution in [0.1, 0.15) is 4.88 Å². The van der Waals surface area contributed by atoms with Crippen molar-refractivity contribution in [3.8, 4) is 22.1 Å². The second kappa shape index (κ2) is 4.83. The van der Waals surface area contributed by atoms with Gasteiger partial charge in [0.05, 0.1) is 9.90 Å². The molecule has 0 saturated heterocycles. The van der Waals surface area contributed by atoms with Gasteiger partial charge in [0.15, 0.2) is 10.8 Å². The Morgan fingerprint density at radius 2 is 2.00 bits per heavy atom. The fourth-order valence-electron chi connectivity index (χ4n) is 1.95. The molecule has 0 aliphatic heterocycles. The third-order valence-corrected chi connectivity index (χ3v) is 4.83. The van der Waals surface area contributed by atoms with Gasteiger partial charge in [-0.05, 0) is 30.6 Å². The molecule has 1 aromatic carbocycles. The number of aryl methyl sites for hydroxylation is 1. The number of hydrogen-bond donors (Lipinski definition) is 0. The zero-order valence-electron chi connectivity index (χ0n) is 10.7. The fourth-order valence-corrected chi connectivity index (χ4v) is 3.59. The molecule has 6 nitrogen and oxygen atoms in total. The molecule has 21 heavy (non-hydrogen) atoms. The van der Waals surface area contributed by atoms with Gasteiger partial charge in [0.1, 0.15) is 5.69 Å². The monoisotopic (exact) mass is 334 g/mol. The fraction of sp³-hybridized carbons (Fsp3) is 0.0833. The van der Waals surface area contributed by atoms with Crippen LogP contribution in [0.15, 0.2) is 24.3 Å². The third-order valence-electron chi connectivity index (χ3n) is 2.96. The van der Waals surface area contributed by atoms with Crippen LogP contribution in [0.25, 0.3) is 27.1 Å². The second-order valence-electron chi connectivity index (χ2n) is 4.28. The van der Waals surface area contributed by atoms with Crippen molar-refractivity contribution in [1.29, 1.82) is 0 Å². The molecule has 3 heterocycles. The summed E-state index contributed by atoms with van der Waals surface area (Å²) in [6.45, 7) is 1.97. The van der Waals surface area contributed by atoms with E-state index >= 15 is 0 Å². The normalized spacial score (nSPS) is 11.3. The number of benzene rings is 1. The van der Waals surface area contributed by atoms with E-state index in [1.807, 2.05) is 31.2 Å². The summed E-state index contributed by atoms with van der Waals surface area (Å²) in [5.41, 5.74) is 1.59. The van der Waals surface area contributed by atoms with E-state index in [1.165, 1.54) is 22.9 Å². The molecule has 9 heteroatoms. The molecule has 0 atom stereocenters. The highest BCUT2D eigenvalue weighted by Gasteiger charge is 2.18. The van der Waals surface area contributed by atoms with Gasteiger partial charge in [-0.15, -0.1) is 15.3 Å². The lowest BCUT2D eigenvalue weighted by Crippen LogP contribution is -1.92. The lowest BCUT2D eigenvalue weighted by molar-refractivity contribution is 0.964. The van der Waals surface area contributed by atoms with Crippen molar-refractivity contribution in [2.45, 2.75) is 6.92 Å². The standard InChI is InChI=1S/C12H7ClN6S2/c1-6-9(14-18-21-6)11-17-19-10(15-16-12(19)20-11)7-4-2-3-5-8(7)13/h2-5H,1H3. The predicted molar refractivity (Wildman–Crippen MR) is 82.7 cm³/mol. The average molecular weight is 335 g/mol. The minimum absolute atomic E-state index is 0.618. The topological polar surface area (TPSA) is 68.9 Å². The molecule has 0 fully saturated rings. The van der Waals surface area contributed by atoms with Crippen molar-refractivity contribution in [3.05, 3.63) is 34.2 Å². The van der Waals surface area contributed by atoms with Gasteiger partial charge >= 0.3 is 0 Å². The van der Waals surface area contributed by atoms with Gasteiger partial charge in [0.2, 0.25) is 4.96 Å². The molecule has 3 aromatic heterocycles. The van der Waals surface area contributed by atoms with Crippen LogP contribution >= 0.6 is 34.5 Å². The van der Waals surface area contributed by atoms with Gasteiger partial charge in [0, 0.05) is 5.56 Å². The molecular weight excluding hydrogens is 328 g/mol. The Kier molecular flexibility index (Phi) is 2.95. The van der Waals surface area contributed by atoms with Crippen LogP contribution in [0.4, 0.5) is 0 Å². The maximum atomic E-state index is 6.22. The highest BCUT2D eigenvalue weighted by Crippen LogP contribution is 2.31. The molecule has 4 aromatic rings. The van der Waals surface area contributed by atoms with Crippen molar-refractivity contribution < 1.29 is 0 Å². The van der Waals surface area contributed by atoms with Gasteiger partial charge < -0.3 is 0 Å². The van der Waals surface area contributed by atoms with Gasteiger partial charge in [-0.2, -0.15) is 9.61 Å². The summed E-state index contributed by atoms with van der Waals surface area (Å²) in [5, 5.41) is 18.4. The Morgan fingerprint density at radius 3 is 2.76 bits per heavy atom. The molecule has 0 N–H and O–H groups in total. The smallest absolute Gasteiger partial charge is 0.182 e. The van der Waals surface area contributed by atoms with E-state index in [0.717, 1.165) is 21.1 Å². The molecule has 0 aliphatic carbocycles. The zero-order valence-corrected chi connectivity index (χ0v) is 13.1. The summed E-state index contributed by atoms with van der Waals surface area (Å²) in [5.74, 6) is 0.624.